The Bertz CT molecular complexity index is 4740. The Kier molecular flexibility index (Phi) is 34.6. The Morgan fingerprint density at radius 3 is 1.47 bits per heavy atom. The number of benzene rings is 6. The number of nitrogens with two attached hydrogens (primary N) is 1. The van der Waals surface area contributed by atoms with E-state index in [9.17, 15) is 60.0 Å². The number of ether oxygens (including phenoxy) is 15. The van der Waals surface area contributed by atoms with Gasteiger partial charge in [0.2, 0.25) is 6.29 Å². The molecule has 1 saturated heterocycles. The molecule has 6 aromatic rings. The van der Waals surface area contributed by atoms with E-state index in [-0.39, 0.29) is 159 Å². The molecule has 12 rings (SSSR count). The lowest BCUT2D eigenvalue weighted by Crippen LogP contribution is -2.54. The van der Waals surface area contributed by atoms with Crippen LogP contribution in [0.15, 0.2) is 122 Å². The molecule has 2 unspecified atom stereocenters. The van der Waals surface area contributed by atoms with Crippen LogP contribution in [0.2, 0.25) is 0 Å². The van der Waals surface area contributed by atoms with Crippen molar-refractivity contribution in [2.24, 2.45) is 5.90 Å². The molecule has 35 nitrogen and oxygen atoms in total. The van der Waals surface area contributed by atoms with E-state index in [0.717, 1.165) is 32.1 Å². The van der Waals surface area contributed by atoms with Crippen molar-refractivity contribution in [3.05, 3.63) is 177 Å². The number of amides is 4. The van der Waals surface area contributed by atoms with E-state index in [1.165, 1.54) is 72.6 Å². The van der Waals surface area contributed by atoms with Crippen LogP contribution in [0.25, 0.3) is 11.1 Å². The van der Waals surface area contributed by atoms with Crippen LogP contribution in [0.5, 0.6) is 34.5 Å². The lowest BCUT2D eigenvalue weighted by Gasteiger charge is -2.35. The zero-order chi connectivity index (χ0) is 89.5. The number of ketones is 2. The molecule has 126 heavy (non-hydrogen) atoms. The third-order valence-electron chi connectivity index (χ3n) is 22.5. The number of unbranched alkanes of at least 4 members (excludes halogenated alkanes) is 2. The van der Waals surface area contributed by atoms with Crippen molar-refractivity contribution in [2.75, 3.05) is 130 Å². The maximum absolute atomic E-state index is 15.0. The minimum absolute atomic E-state index is 0.00611. The minimum Gasteiger partial charge on any atom is -0.497 e. The summed E-state index contributed by atoms with van der Waals surface area (Å²) in [5.74, 6) is 4.30. The van der Waals surface area contributed by atoms with Crippen LogP contribution in [-0.4, -0.2) is 280 Å². The van der Waals surface area contributed by atoms with Gasteiger partial charge in [0.05, 0.1) is 152 Å². The van der Waals surface area contributed by atoms with Crippen LogP contribution >= 0.6 is 0 Å². The number of hydrogen-bond donors (Lipinski definition) is 9. The van der Waals surface area contributed by atoms with Gasteiger partial charge in [0.1, 0.15) is 72.8 Å². The molecule has 6 aliphatic rings. The molecule has 6 aromatic carbocycles. The fourth-order valence-corrected chi connectivity index (χ4v) is 15.5. The van der Waals surface area contributed by atoms with Gasteiger partial charge in [0, 0.05) is 57.7 Å². The number of hydrogen-bond acceptors (Lipinski definition) is 31. The van der Waals surface area contributed by atoms with Gasteiger partial charge >= 0.3 is 12.2 Å². The molecule has 35 heteroatoms. The highest BCUT2D eigenvalue weighted by atomic mass is 16.7. The second-order valence-corrected chi connectivity index (χ2v) is 31.3. The van der Waals surface area contributed by atoms with Gasteiger partial charge in [-0.1, -0.05) is 54.1 Å². The molecule has 682 valence electrons. The summed E-state index contributed by atoms with van der Waals surface area (Å²) in [6.45, 7) is 6.48. The van der Waals surface area contributed by atoms with Crippen LogP contribution in [0, 0.1) is 13.8 Å². The first-order valence-corrected chi connectivity index (χ1v) is 42.2. The van der Waals surface area contributed by atoms with Gasteiger partial charge in [0.25, 0.3) is 11.8 Å². The largest absolute Gasteiger partial charge is 0.497 e. The molecular formula is C91H113N5O30. The number of anilines is 2. The summed E-state index contributed by atoms with van der Waals surface area (Å²) in [7, 11) is 4.43. The zero-order valence-corrected chi connectivity index (χ0v) is 71.2. The molecule has 5 aliphatic heterocycles. The molecule has 5 heterocycles. The van der Waals surface area contributed by atoms with Gasteiger partial charge in [-0.15, -0.1) is 0 Å². The number of fused-ring (bicyclic) bond motifs is 4. The molecule has 0 aromatic heterocycles. The van der Waals surface area contributed by atoms with Crippen molar-refractivity contribution in [2.45, 2.75) is 171 Å². The Balaban J connectivity index is 0.720. The number of Topliss-reactive ketones (excluding diaryl/α,β-unsaturated/α-hetero) is 2. The van der Waals surface area contributed by atoms with Gasteiger partial charge in [-0.2, -0.15) is 0 Å². The van der Waals surface area contributed by atoms with Gasteiger partial charge in [0.15, 0.2) is 35.5 Å². The number of methoxy groups -OCH3 is 3. The molecule has 0 radical (unpaired) electrons. The van der Waals surface area contributed by atoms with Crippen LogP contribution in [0.1, 0.15) is 145 Å². The number of nitrogens with zero attached hydrogens (tertiary/aromatic N) is 4. The predicted octanol–water partition coefficient (Wildman–Crippen LogP) is 7.40. The van der Waals surface area contributed by atoms with Crippen molar-refractivity contribution < 1.29 is 146 Å². The fraction of sp³-hybridized carbons (Fsp3) is 0.495. The highest BCUT2D eigenvalue weighted by molar-refractivity contribution is 6.08. The Morgan fingerprint density at radius 2 is 0.944 bits per heavy atom. The molecule has 0 bridgehead atoms. The summed E-state index contributed by atoms with van der Waals surface area (Å²) >= 11 is 0. The quantitative estimate of drug-likeness (QED) is 0.0102. The summed E-state index contributed by atoms with van der Waals surface area (Å²) in [6, 6.07) is 27.7. The number of carbonyl (C=O) groups excluding carboxylic acids is 6. The topological polar surface area (TPSA) is 451 Å². The van der Waals surface area contributed by atoms with Crippen molar-refractivity contribution >= 4 is 58.1 Å². The average Bonchev–Trinajstić information content (AvgIpc) is 1.60. The standard InChI is InChI=1S/C91H113N5O30/c1-54-13-17-58(18-14-54)60-44-70-88(108)96(91(110)123-52-57-16-25-76(66(43-57)71(97)11-9-27-111-3)126-89-84(104)82(102)74(100)53-121-89)68-48-80(79(113-5)46-64(68)86(106)94(70)49-60)120-30-8-6-7-29-119-78-47-67-63(41-55(78)2)85(105)93-50-61(59-19-21-62(112-4)22-20-59)45-69(93)87(107)95(67)90(109)122-51-56-15-24-75(125-77-26-23-73(99)81(101)83(77)103)65(42-56)72(98)12-10-28-114-31-32-115-33-34-116-35-36-117-37-38-118-39-40-124-92/h13-22,24-25,41-43,46-50,69-70,73-74,77,81-84,87-89,99-104,107-108H,6-12,23,26-40,44-45,51-53,92H2,1-5H3/t69-,70-,73+,74+,77+,81-,82-,83-,84+,87?,88?,89-/m0/s1. The van der Waals surface area contributed by atoms with Crippen LogP contribution in [0.3, 0.4) is 0 Å². The second-order valence-electron chi connectivity index (χ2n) is 31.3. The van der Waals surface area contributed by atoms with Gasteiger partial charge in [-0.05, 0) is 159 Å². The fourth-order valence-electron chi connectivity index (χ4n) is 15.5. The summed E-state index contributed by atoms with van der Waals surface area (Å²) in [5.41, 5.74) is 5.17. The summed E-state index contributed by atoms with van der Waals surface area (Å²) < 4.78 is 86.7. The third kappa shape index (κ3) is 23.7. The SMILES string of the molecule is COCCCC(=O)c1cc(COC(=O)N2c3cc(OCCCCCOc4cc5c(cc4C)C(=O)N4C=C(c6ccc(OC)cc6)C[C@H]4C(O)N5C(=O)OCc4ccc(O[C@@H]5CC[C@@H](O)[C@H](O)[C@H]5O)c(C(=O)CCCOCCOCCOCCOCCOCCON)c4)c(OC)cc3C(=O)N3C=C(c4ccc(C)cc4)C[C@H]3C2O)ccc1O[C@@H]1OC[C@@H](O)[C@H](O)[C@H]1O. The number of aryl methyl sites for hydroxylation is 2. The zero-order valence-electron chi connectivity index (χ0n) is 71.2. The van der Waals surface area contributed by atoms with Crippen LogP contribution in [0.4, 0.5) is 21.0 Å². The van der Waals surface area contributed by atoms with E-state index < -0.39 is 117 Å². The smallest absolute Gasteiger partial charge is 0.416 e. The molecule has 1 aliphatic carbocycles. The maximum Gasteiger partial charge on any atom is 0.416 e. The Labute approximate surface area is 729 Å². The number of carbonyl (C=O) groups is 6. The minimum atomic E-state index is -1.71. The van der Waals surface area contributed by atoms with E-state index in [4.69, 9.17) is 76.9 Å². The van der Waals surface area contributed by atoms with E-state index >= 15 is 9.59 Å². The summed E-state index contributed by atoms with van der Waals surface area (Å²) in [4.78, 5) is 97.3. The van der Waals surface area contributed by atoms with Gasteiger partial charge in [-0.3, -0.25) is 19.2 Å². The van der Waals surface area contributed by atoms with E-state index in [1.807, 2.05) is 43.3 Å². The summed E-state index contributed by atoms with van der Waals surface area (Å²) in [5, 5.41) is 88.3. The number of rotatable bonds is 45. The second kappa shape index (κ2) is 45.9. The lowest BCUT2D eigenvalue weighted by molar-refractivity contribution is -0.242. The first kappa shape index (κ1) is 94.9. The third-order valence-corrected chi connectivity index (χ3v) is 22.5. The van der Waals surface area contributed by atoms with E-state index in [1.54, 1.807) is 50.7 Å². The normalized spacial score (nSPS) is 22.0. The molecule has 2 fully saturated rings. The molecule has 4 amide bonds. The predicted molar refractivity (Wildman–Crippen MR) is 452 cm³/mol. The van der Waals surface area contributed by atoms with E-state index in [2.05, 4.69) is 4.84 Å². The summed E-state index contributed by atoms with van der Waals surface area (Å²) in [6.07, 6.45) is -11.0. The van der Waals surface area contributed by atoms with Crippen molar-refractivity contribution in [3.8, 4) is 34.5 Å². The van der Waals surface area contributed by atoms with Crippen LogP contribution < -0.4 is 44.1 Å². The maximum atomic E-state index is 15.0. The molecule has 0 spiro atoms. The highest BCUT2D eigenvalue weighted by Gasteiger charge is 2.49. The first-order valence-electron chi connectivity index (χ1n) is 42.2. The molecule has 12 atom stereocenters. The van der Waals surface area contributed by atoms with Crippen molar-refractivity contribution in [1.82, 2.24) is 9.80 Å². The van der Waals surface area contributed by atoms with Crippen LogP contribution in [-0.2, 0) is 60.7 Å². The lowest BCUT2D eigenvalue weighted by atomic mass is 9.89. The number of aliphatic hydroxyl groups is 8. The monoisotopic (exact) mass is 1760 g/mol. The van der Waals surface area contributed by atoms with Crippen molar-refractivity contribution in [3.63, 3.8) is 0 Å². The van der Waals surface area contributed by atoms with Gasteiger partial charge < -0.3 is 127 Å². The average molecular weight is 1760 g/mol. The Hall–Kier alpha value is -10.3. The highest BCUT2D eigenvalue weighted by Crippen LogP contribution is 2.46. The number of aliphatic hydroxyl groups excluding tert-OH is 8. The molecule has 1 saturated carbocycles. The van der Waals surface area contributed by atoms with Gasteiger partial charge in [-0.25, -0.2) is 25.3 Å². The van der Waals surface area contributed by atoms with E-state index in [0.29, 0.717) is 107 Å². The molecule has 10 N–H and O–H groups in total. The first-order chi connectivity index (χ1) is 61.0. The molecular weight excluding hydrogens is 1640 g/mol. The Morgan fingerprint density at radius 1 is 0.460 bits per heavy atom. The van der Waals surface area contributed by atoms with Crippen molar-refractivity contribution in [1.29, 1.82) is 0 Å².